The van der Waals surface area contributed by atoms with Gasteiger partial charge in [0.1, 0.15) is 22.2 Å². The van der Waals surface area contributed by atoms with Gasteiger partial charge in [-0.05, 0) is 17.5 Å². The van der Waals surface area contributed by atoms with Gasteiger partial charge < -0.3 is 15.9 Å². The van der Waals surface area contributed by atoms with Gasteiger partial charge in [0.05, 0.1) is 24.4 Å². The number of nitrogen functional groups attached to an aromatic ring is 1. The Morgan fingerprint density at radius 3 is 2.10 bits per heavy atom. The molecule has 0 saturated carbocycles. The number of hydrogen-bond donors (Lipinski definition) is 3. The number of benzene rings is 2. The second-order valence-electron chi connectivity index (χ2n) is 5.38. The number of anilines is 1. The molecular weight excluding hydrogens is 426 g/mol. The van der Waals surface area contributed by atoms with Gasteiger partial charge in [-0.15, -0.1) is 0 Å². The maximum absolute atomic E-state index is 12.0. The van der Waals surface area contributed by atoms with E-state index in [0.717, 1.165) is 13.4 Å². The van der Waals surface area contributed by atoms with Crippen LogP contribution in [-0.4, -0.2) is 60.4 Å². The van der Waals surface area contributed by atoms with Crippen molar-refractivity contribution in [1.29, 1.82) is 0 Å². The van der Waals surface area contributed by atoms with Gasteiger partial charge in [0.2, 0.25) is 9.84 Å². The summed E-state index contributed by atoms with van der Waals surface area (Å²) in [5, 5.41) is 34.7. The number of aromatic hydroxyl groups is 1. The van der Waals surface area contributed by atoms with Crippen LogP contribution < -0.4 is 5.73 Å². The van der Waals surface area contributed by atoms with Crippen LogP contribution in [0.3, 0.4) is 0 Å². The first kappa shape index (κ1) is 24.4. The normalized spacial score (nSPS) is 12.4. The van der Waals surface area contributed by atoms with E-state index >= 15 is 0 Å². The maximum Gasteiger partial charge on any atom is 0.264 e. The highest BCUT2D eigenvalue weighted by Crippen LogP contribution is 2.45. The number of azo groups is 2. The Balaban J connectivity index is 0.000000612. The molecule has 0 radical (unpaired) electrons. The second kappa shape index (κ2) is 9.69. The van der Waals surface area contributed by atoms with Crippen LogP contribution in [0.2, 0.25) is 0 Å². The predicted molar refractivity (Wildman–Crippen MR) is 107 cm³/mol. The lowest BCUT2D eigenvalue weighted by Crippen LogP contribution is -2.06. The minimum Gasteiger partial charge on any atom is -0.505 e. The molecule has 160 valence electrons. The van der Waals surface area contributed by atoms with Crippen molar-refractivity contribution in [1.82, 2.24) is 0 Å². The quantitative estimate of drug-likeness (QED) is 0.351. The number of rotatable bonds is 5. The molecule has 0 unspecified atom stereocenters. The van der Waals surface area contributed by atoms with Crippen LogP contribution in [-0.2, 0) is 24.1 Å². The Morgan fingerprint density at radius 1 is 1.10 bits per heavy atom. The fourth-order valence-electron chi connectivity index (χ4n) is 2.15. The Kier molecular flexibility index (Phi) is 8.14. The number of hydrogen-bond acceptors (Lipinski definition) is 12. The fraction of sp³-hybridized carbons (Fsp3) is 0.333. The molecule has 2 rings (SSSR count). The largest absolute Gasteiger partial charge is 0.505 e. The molecule has 2 aromatic rings. The van der Waals surface area contributed by atoms with Crippen LogP contribution in [0.25, 0.3) is 10.8 Å². The minimum atomic E-state index is -4.04. The number of phenols is 1. The molecule has 0 saturated heterocycles. The number of aliphatic hydroxyl groups excluding tert-OH is 1. The van der Waals surface area contributed by atoms with Crippen LogP contribution in [0.1, 0.15) is 0 Å². The third-order valence-corrected chi connectivity index (χ3v) is 5.38. The summed E-state index contributed by atoms with van der Waals surface area (Å²) in [6, 6.07) is 4.35. The first-order valence-corrected chi connectivity index (χ1v) is 11.2. The monoisotopic (exact) mass is 447 g/mol. The third-order valence-electron chi connectivity index (χ3n) is 3.45. The molecule has 0 heterocycles. The molecule has 14 heteroatoms. The molecule has 0 bridgehead atoms. The van der Waals surface area contributed by atoms with Gasteiger partial charge >= 0.3 is 0 Å². The number of phenolic OH excluding ortho intramolecular Hbond substituents is 1. The van der Waals surface area contributed by atoms with E-state index in [1.54, 1.807) is 12.1 Å². The second-order valence-corrected chi connectivity index (χ2v) is 9.05. The highest BCUT2D eigenvalue weighted by Gasteiger charge is 2.24. The molecule has 0 aliphatic rings. The van der Waals surface area contributed by atoms with Gasteiger partial charge in [0.15, 0.2) is 5.75 Å². The van der Waals surface area contributed by atoms with Crippen molar-refractivity contribution >= 4 is 47.8 Å². The molecule has 4 N–H and O–H groups in total. The van der Waals surface area contributed by atoms with Crippen LogP contribution in [0.4, 0.5) is 17.1 Å². The average Bonchev–Trinajstić information content (AvgIpc) is 2.65. The van der Waals surface area contributed by atoms with Crippen LogP contribution in [0, 0.1) is 0 Å². The minimum absolute atomic E-state index is 0.131. The zero-order chi connectivity index (χ0) is 22.4. The van der Waals surface area contributed by atoms with E-state index in [0.29, 0.717) is 11.1 Å². The van der Waals surface area contributed by atoms with Crippen molar-refractivity contribution in [3.8, 4) is 5.75 Å². The summed E-state index contributed by atoms with van der Waals surface area (Å²) < 4.78 is 47.5. The van der Waals surface area contributed by atoms with Crippen molar-refractivity contribution in [2.75, 3.05) is 39.1 Å². The first-order valence-electron chi connectivity index (χ1n) is 7.70. The zero-order valence-corrected chi connectivity index (χ0v) is 17.7. The summed E-state index contributed by atoms with van der Waals surface area (Å²) in [6.45, 7) is 0. The average molecular weight is 447 g/mol. The van der Waals surface area contributed by atoms with E-state index < -0.39 is 31.6 Å². The summed E-state index contributed by atoms with van der Waals surface area (Å²) in [6.07, 6.45) is 0.993. The Hall–Kier alpha value is -2.68. The smallest absolute Gasteiger partial charge is 0.264 e. The summed E-state index contributed by atoms with van der Waals surface area (Å²) in [7, 11) is -3.29. The Labute approximate surface area is 167 Å². The summed E-state index contributed by atoms with van der Waals surface area (Å²) in [4.78, 5) is -0.333. The highest BCUT2D eigenvalue weighted by atomic mass is 32.2. The molecular formula is C15H21N5O7S2. The van der Waals surface area contributed by atoms with E-state index in [9.17, 15) is 21.9 Å². The van der Waals surface area contributed by atoms with E-state index in [2.05, 4.69) is 24.6 Å². The lowest BCUT2D eigenvalue weighted by molar-refractivity contribution is 0.358. The fourth-order valence-corrected chi connectivity index (χ4v) is 3.03. The van der Waals surface area contributed by atoms with Crippen molar-refractivity contribution < 1.29 is 31.2 Å². The van der Waals surface area contributed by atoms with Gasteiger partial charge in [-0.3, -0.25) is 4.18 Å². The zero-order valence-electron chi connectivity index (χ0n) is 16.1. The molecule has 0 fully saturated rings. The molecule has 0 spiro atoms. The van der Waals surface area contributed by atoms with E-state index in [4.69, 9.17) is 10.8 Å². The SMILES string of the molecule is CN=Nc1ccc2cc(S(=O)(=O)CO)c(N=NC)c(O)c2c1N.COS(C)(=O)=O. The first-order chi connectivity index (χ1) is 13.4. The summed E-state index contributed by atoms with van der Waals surface area (Å²) >= 11 is 0. The predicted octanol–water partition coefficient (Wildman–Crippen LogP) is 1.87. The van der Waals surface area contributed by atoms with Crippen molar-refractivity contribution in [3.63, 3.8) is 0 Å². The van der Waals surface area contributed by atoms with E-state index in [1.807, 2.05) is 0 Å². The van der Waals surface area contributed by atoms with Crippen molar-refractivity contribution in [3.05, 3.63) is 18.2 Å². The number of nitrogens with zero attached hydrogens (tertiary/aromatic N) is 4. The summed E-state index contributed by atoms with van der Waals surface area (Å²) in [5.41, 5.74) is 6.15. The topological polar surface area (TPSA) is 193 Å². The number of fused-ring (bicyclic) bond motifs is 1. The molecule has 0 aliphatic heterocycles. The third kappa shape index (κ3) is 5.90. The van der Waals surface area contributed by atoms with Crippen molar-refractivity contribution in [2.45, 2.75) is 4.90 Å². The van der Waals surface area contributed by atoms with E-state index in [-0.39, 0.29) is 21.7 Å². The van der Waals surface area contributed by atoms with Crippen LogP contribution in [0.5, 0.6) is 5.75 Å². The standard InChI is InChI=1S/C13H15N5O4S.C2H6O3S/c1-15-17-8-4-3-7-5-9(23(21,22)6-19)12(18-16-2)13(20)10(7)11(8)14;1-5-6(2,3)4/h3-5,19-20H,6,14H2,1-2H3;1-2H3. The number of nitrogens with two attached hydrogens (primary N) is 1. The van der Waals surface area contributed by atoms with Gasteiger partial charge in [0.25, 0.3) is 10.1 Å². The molecule has 0 atom stereocenters. The summed E-state index contributed by atoms with van der Waals surface area (Å²) in [5.74, 6) is -1.58. The number of aliphatic hydroxyl groups is 1. The molecule has 12 nitrogen and oxygen atoms in total. The highest BCUT2D eigenvalue weighted by molar-refractivity contribution is 7.91. The Morgan fingerprint density at radius 2 is 1.66 bits per heavy atom. The van der Waals surface area contributed by atoms with Crippen LogP contribution in [0.15, 0.2) is 43.6 Å². The van der Waals surface area contributed by atoms with Crippen LogP contribution >= 0.6 is 0 Å². The van der Waals surface area contributed by atoms with Crippen molar-refractivity contribution in [2.24, 2.45) is 20.5 Å². The maximum atomic E-state index is 12.0. The molecule has 0 aliphatic carbocycles. The van der Waals surface area contributed by atoms with Gasteiger partial charge in [-0.25, -0.2) is 8.42 Å². The van der Waals surface area contributed by atoms with E-state index in [1.165, 1.54) is 20.2 Å². The van der Waals surface area contributed by atoms with Gasteiger partial charge in [-0.2, -0.15) is 28.9 Å². The number of sulfone groups is 1. The lowest BCUT2D eigenvalue weighted by Gasteiger charge is -2.12. The molecule has 0 amide bonds. The lowest BCUT2D eigenvalue weighted by atomic mass is 10.1. The van der Waals surface area contributed by atoms with Gasteiger partial charge in [0, 0.05) is 14.1 Å². The molecule has 0 aromatic heterocycles. The Bertz CT molecular complexity index is 1160. The molecule has 2 aromatic carbocycles. The van der Waals surface area contributed by atoms with Gasteiger partial charge in [-0.1, -0.05) is 6.07 Å². The molecule has 29 heavy (non-hydrogen) atoms.